The molecule has 2 aromatic carbocycles. The molecule has 0 fully saturated rings. The maximum Gasteiger partial charge on any atom is 0.416 e. The molecule has 0 heterocycles. The van der Waals surface area contributed by atoms with E-state index in [4.69, 9.17) is 17.0 Å². The second-order valence-electron chi connectivity index (χ2n) is 4.39. The average molecular weight is 326 g/mol. The molecular weight excluding hydrogens is 313 g/mol. The molecule has 0 bridgehead atoms. The summed E-state index contributed by atoms with van der Waals surface area (Å²) in [7, 11) is 1.55. The van der Waals surface area contributed by atoms with E-state index in [0.717, 1.165) is 12.1 Å². The fraction of sp³-hybridized carbons (Fsp3) is 0.133. The van der Waals surface area contributed by atoms with Gasteiger partial charge < -0.3 is 15.4 Å². The van der Waals surface area contributed by atoms with Gasteiger partial charge >= 0.3 is 6.18 Å². The molecule has 7 heteroatoms. The van der Waals surface area contributed by atoms with Crippen molar-refractivity contribution in [3.05, 3.63) is 54.1 Å². The Balaban J connectivity index is 1.99. The molecule has 0 aromatic heterocycles. The number of ether oxygens (including phenoxy) is 1. The van der Waals surface area contributed by atoms with Gasteiger partial charge in [0.1, 0.15) is 5.75 Å². The highest BCUT2D eigenvalue weighted by Crippen LogP contribution is 2.29. The van der Waals surface area contributed by atoms with Crippen LogP contribution in [0.5, 0.6) is 5.75 Å². The third-order valence-corrected chi connectivity index (χ3v) is 3.00. The minimum Gasteiger partial charge on any atom is -0.497 e. The Morgan fingerprint density at radius 1 is 1.00 bits per heavy atom. The van der Waals surface area contributed by atoms with E-state index in [0.29, 0.717) is 17.1 Å². The molecule has 2 rings (SSSR count). The SMILES string of the molecule is COc1cccc(NC(=S)Nc2ccc(C(F)(F)F)cc2)c1. The lowest BCUT2D eigenvalue weighted by Gasteiger charge is -2.12. The summed E-state index contributed by atoms with van der Waals surface area (Å²) in [6, 6.07) is 11.8. The van der Waals surface area contributed by atoms with E-state index in [2.05, 4.69) is 10.6 Å². The zero-order chi connectivity index (χ0) is 16.2. The maximum atomic E-state index is 12.5. The molecule has 0 amide bonds. The minimum absolute atomic E-state index is 0.271. The molecule has 2 N–H and O–H groups in total. The second-order valence-corrected chi connectivity index (χ2v) is 4.79. The predicted octanol–water partition coefficient (Wildman–Crippen LogP) is 4.52. The van der Waals surface area contributed by atoms with E-state index in [1.54, 1.807) is 31.4 Å². The molecule has 22 heavy (non-hydrogen) atoms. The zero-order valence-corrected chi connectivity index (χ0v) is 12.4. The van der Waals surface area contributed by atoms with Crippen molar-refractivity contribution in [3.63, 3.8) is 0 Å². The highest BCUT2D eigenvalue weighted by Gasteiger charge is 2.29. The Hall–Kier alpha value is -2.28. The number of hydrogen-bond acceptors (Lipinski definition) is 2. The molecule has 0 aliphatic carbocycles. The Kier molecular flexibility index (Phi) is 4.87. The Bertz CT molecular complexity index is 657. The zero-order valence-electron chi connectivity index (χ0n) is 11.6. The number of benzene rings is 2. The number of methoxy groups -OCH3 is 1. The number of alkyl halides is 3. The molecule has 116 valence electrons. The largest absolute Gasteiger partial charge is 0.497 e. The lowest BCUT2D eigenvalue weighted by atomic mass is 10.2. The summed E-state index contributed by atoms with van der Waals surface area (Å²) < 4.78 is 42.5. The van der Waals surface area contributed by atoms with Crippen LogP contribution in [0.15, 0.2) is 48.5 Å². The van der Waals surface area contributed by atoms with Gasteiger partial charge in [0.05, 0.1) is 12.7 Å². The van der Waals surface area contributed by atoms with Gasteiger partial charge in [0.15, 0.2) is 5.11 Å². The topological polar surface area (TPSA) is 33.3 Å². The van der Waals surface area contributed by atoms with Crippen molar-refractivity contribution in [1.29, 1.82) is 0 Å². The summed E-state index contributed by atoms with van der Waals surface area (Å²) in [6.07, 6.45) is -4.35. The van der Waals surface area contributed by atoms with Crippen LogP contribution in [0.1, 0.15) is 5.56 Å². The third-order valence-electron chi connectivity index (χ3n) is 2.80. The minimum atomic E-state index is -4.35. The van der Waals surface area contributed by atoms with Gasteiger partial charge in [-0.05, 0) is 48.6 Å². The molecule has 0 saturated heterocycles. The Morgan fingerprint density at radius 2 is 1.64 bits per heavy atom. The van der Waals surface area contributed by atoms with Crippen LogP contribution >= 0.6 is 12.2 Å². The van der Waals surface area contributed by atoms with E-state index in [9.17, 15) is 13.2 Å². The van der Waals surface area contributed by atoms with Crippen molar-refractivity contribution in [1.82, 2.24) is 0 Å². The van der Waals surface area contributed by atoms with Gasteiger partial charge in [0, 0.05) is 17.4 Å². The summed E-state index contributed by atoms with van der Waals surface area (Å²) in [5, 5.41) is 6.02. The van der Waals surface area contributed by atoms with Gasteiger partial charge in [0.25, 0.3) is 0 Å². The smallest absolute Gasteiger partial charge is 0.416 e. The normalized spacial score (nSPS) is 10.9. The fourth-order valence-corrected chi connectivity index (χ4v) is 1.97. The maximum absolute atomic E-state index is 12.5. The first-order chi connectivity index (χ1) is 10.4. The summed E-state index contributed by atoms with van der Waals surface area (Å²) in [4.78, 5) is 0. The molecule has 0 unspecified atom stereocenters. The van der Waals surface area contributed by atoms with Crippen LogP contribution in [0.25, 0.3) is 0 Å². The van der Waals surface area contributed by atoms with Crippen LogP contribution in [0, 0.1) is 0 Å². The van der Waals surface area contributed by atoms with Gasteiger partial charge in [-0.1, -0.05) is 6.07 Å². The molecule has 3 nitrogen and oxygen atoms in total. The summed E-state index contributed by atoms with van der Waals surface area (Å²) in [5.41, 5.74) is 0.474. The molecule has 0 radical (unpaired) electrons. The Morgan fingerprint density at radius 3 is 2.23 bits per heavy atom. The molecule has 0 aliphatic heterocycles. The van der Waals surface area contributed by atoms with Gasteiger partial charge in [-0.3, -0.25) is 0 Å². The van der Waals surface area contributed by atoms with Crippen LogP contribution in [0.3, 0.4) is 0 Å². The number of halogens is 3. The molecular formula is C15H13F3N2OS. The van der Waals surface area contributed by atoms with Crippen LogP contribution in [0.2, 0.25) is 0 Å². The van der Waals surface area contributed by atoms with E-state index in [1.807, 2.05) is 0 Å². The first-order valence-corrected chi connectivity index (χ1v) is 6.68. The summed E-state index contributed by atoms with van der Waals surface area (Å²) in [5.74, 6) is 0.669. The number of anilines is 2. The number of hydrogen-bond donors (Lipinski definition) is 2. The summed E-state index contributed by atoms with van der Waals surface area (Å²) in [6.45, 7) is 0. The highest BCUT2D eigenvalue weighted by atomic mass is 32.1. The quantitative estimate of drug-likeness (QED) is 0.812. The number of thiocarbonyl (C=S) groups is 1. The number of nitrogens with one attached hydrogen (secondary N) is 2. The van der Waals surface area contributed by atoms with Crippen LogP contribution in [0.4, 0.5) is 24.5 Å². The molecule has 0 saturated carbocycles. The van der Waals surface area contributed by atoms with E-state index in [1.165, 1.54) is 12.1 Å². The molecule has 0 spiro atoms. The van der Waals surface area contributed by atoms with Gasteiger partial charge in [-0.25, -0.2) is 0 Å². The third kappa shape index (κ3) is 4.36. The van der Waals surface area contributed by atoms with Gasteiger partial charge in [-0.2, -0.15) is 13.2 Å². The molecule has 0 atom stereocenters. The van der Waals surface area contributed by atoms with E-state index < -0.39 is 11.7 Å². The monoisotopic (exact) mass is 326 g/mol. The lowest BCUT2D eigenvalue weighted by Crippen LogP contribution is -2.19. The summed E-state index contributed by atoms with van der Waals surface area (Å²) >= 11 is 5.12. The van der Waals surface area contributed by atoms with Crippen molar-refractivity contribution in [3.8, 4) is 5.75 Å². The standard InChI is InChI=1S/C15H13F3N2OS/c1-21-13-4-2-3-12(9-13)20-14(22)19-11-7-5-10(6-8-11)15(16,17)18/h2-9H,1H3,(H2,19,20,22). The predicted molar refractivity (Wildman–Crippen MR) is 84.3 cm³/mol. The highest BCUT2D eigenvalue weighted by molar-refractivity contribution is 7.80. The first-order valence-electron chi connectivity index (χ1n) is 6.28. The van der Waals surface area contributed by atoms with Crippen LogP contribution < -0.4 is 15.4 Å². The van der Waals surface area contributed by atoms with E-state index >= 15 is 0 Å². The van der Waals surface area contributed by atoms with Crippen molar-refractivity contribution in [2.24, 2.45) is 0 Å². The average Bonchev–Trinajstić information content (AvgIpc) is 2.47. The second kappa shape index (κ2) is 6.65. The van der Waals surface area contributed by atoms with Crippen LogP contribution in [-0.4, -0.2) is 12.2 Å². The Labute approximate surface area is 131 Å². The molecule has 0 aliphatic rings. The molecule has 2 aromatic rings. The fourth-order valence-electron chi connectivity index (χ4n) is 1.74. The van der Waals surface area contributed by atoms with Crippen molar-refractivity contribution >= 4 is 28.7 Å². The van der Waals surface area contributed by atoms with Gasteiger partial charge in [0.2, 0.25) is 0 Å². The van der Waals surface area contributed by atoms with Crippen LogP contribution in [-0.2, 0) is 6.18 Å². The van der Waals surface area contributed by atoms with Crippen molar-refractivity contribution in [2.45, 2.75) is 6.18 Å². The van der Waals surface area contributed by atoms with Gasteiger partial charge in [-0.15, -0.1) is 0 Å². The lowest BCUT2D eigenvalue weighted by molar-refractivity contribution is -0.137. The van der Waals surface area contributed by atoms with E-state index in [-0.39, 0.29) is 5.11 Å². The first kappa shape index (κ1) is 16.1. The van der Waals surface area contributed by atoms with Crippen molar-refractivity contribution in [2.75, 3.05) is 17.7 Å². The number of rotatable bonds is 3. The van der Waals surface area contributed by atoms with Crippen molar-refractivity contribution < 1.29 is 17.9 Å².